The van der Waals surface area contributed by atoms with Crippen LogP contribution in [0.1, 0.15) is 17.0 Å². The van der Waals surface area contributed by atoms with E-state index in [1.54, 1.807) is 38.1 Å². The molecular weight excluding hydrogens is 338 g/mol. The molecule has 3 rings (SSSR count). The molecule has 3 aromatic rings. The van der Waals surface area contributed by atoms with Gasteiger partial charge in [-0.2, -0.15) is 5.10 Å². The third-order valence-corrected chi connectivity index (χ3v) is 5.33. The van der Waals surface area contributed by atoms with Crippen LogP contribution >= 0.6 is 0 Å². The van der Waals surface area contributed by atoms with Crippen LogP contribution in [-0.4, -0.2) is 18.6 Å². The standard InChI is InChI=1S/C18H19N3O3S/c1-13-18(14(2)20-19-13)25(22,23)21-16-8-10-17(11-9-16)24-12-15-6-4-3-5-7-15/h3-11,21H,12H2,1-2H3,(H,19,20). The van der Waals surface area contributed by atoms with Crippen molar-refractivity contribution in [1.29, 1.82) is 0 Å². The average Bonchev–Trinajstić information content (AvgIpc) is 2.94. The first kappa shape index (κ1) is 17.0. The maximum absolute atomic E-state index is 12.5. The Morgan fingerprint density at radius 3 is 2.32 bits per heavy atom. The SMILES string of the molecule is Cc1n[nH]c(C)c1S(=O)(=O)Nc1ccc(OCc2ccccc2)cc1. The van der Waals surface area contributed by atoms with Gasteiger partial charge < -0.3 is 4.74 Å². The van der Waals surface area contributed by atoms with Gasteiger partial charge in [-0.15, -0.1) is 0 Å². The predicted molar refractivity (Wildman–Crippen MR) is 96.1 cm³/mol. The van der Waals surface area contributed by atoms with E-state index in [1.807, 2.05) is 30.3 Å². The predicted octanol–water partition coefficient (Wildman–Crippen LogP) is 3.41. The van der Waals surface area contributed by atoms with Crippen LogP contribution in [0.2, 0.25) is 0 Å². The van der Waals surface area contributed by atoms with Crippen LogP contribution in [0.3, 0.4) is 0 Å². The highest BCUT2D eigenvalue weighted by Crippen LogP contribution is 2.23. The second-order valence-electron chi connectivity index (χ2n) is 5.67. The molecule has 25 heavy (non-hydrogen) atoms. The van der Waals surface area contributed by atoms with Gasteiger partial charge in [0.2, 0.25) is 0 Å². The smallest absolute Gasteiger partial charge is 0.265 e. The van der Waals surface area contributed by atoms with E-state index in [4.69, 9.17) is 4.74 Å². The number of nitrogens with one attached hydrogen (secondary N) is 2. The summed E-state index contributed by atoms with van der Waals surface area (Å²) >= 11 is 0. The van der Waals surface area contributed by atoms with Gasteiger partial charge in [-0.3, -0.25) is 9.82 Å². The zero-order valence-corrected chi connectivity index (χ0v) is 14.8. The van der Waals surface area contributed by atoms with Gasteiger partial charge in [-0.25, -0.2) is 8.42 Å². The van der Waals surface area contributed by atoms with E-state index in [9.17, 15) is 8.42 Å². The summed E-state index contributed by atoms with van der Waals surface area (Å²) in [5.41, 5.74) is 2.48. The Hall–Kier alpha value is -2.80. The van der Waals surface area contributed by atoms with Crippen LogP contribution in [0.15, 0.2) is 59.5 Å². The Morgan fingerprint density at radius 1 is 1.04 bits per heavy atom. The van der Waals surface area contributed by atoms with Gasteiger partial charge in [0.05, 0.1) is 11.4 Å². The lowest BCUT2D eigenvalue weighted by molar-refractivity contribution is 0.306. The number of aromatic amines is 1. The summed E-state index contributed by atoms with van der Waals surface area (Å²) in [6.07, 6.45) is 0. The second-order valence-corrected chi connectivity index (χ2v) is 7.29. The van der Waals surface area contributed by atoms with Crippen molar-refractivity contribution in [3.63, 3.8) is 0 Å². The molecule has 0 fully saturated rings. The van der Waals surface area contributed by atoms with E-state index in [1.165, 1.54) is 0 Å². The van der Waals surface area contributed by atoms with E-state index in [2.05, 4.69) is 14.9 Å². The molecule has 2 aromatic carbocycles. The van der Waals surface area contributed by atoms with Crippen molar-refractivity contribution in [2.45, 2.75) is 25.3 Å². The van der Waals surface area contributed by atoms with Gasteiger partial charge in [0.15, 0.2) is 0 Å². The minimum atomic E-state index is -3.68. The number of rotatable bonds is 6. The van der Waals surface area contributed by atoms with Crippen LogP contribution in [-0.2, 0) is 16.6 Å². The van der Waals surface area contributed by atoms with E-state index in [0.29, 0.717) is 29.4 Å². The molecule has 2 N–H and O–H groups in total. The van der Waals surface area contributed by atoms with Crippen molar-refractivity contribution in [3.8, 4) is 5.75 Å². The van der Waals surface area contributed by atoms with Gasteiger partial charge in [0.25, 0.3) is 10.0 Å². The Bertz CT molecular complexity index is 929. The first-order valence-corrected chi connectivity index (χ1v) is 9.25. The van der Waals surface area contributed by atoms with Crippen molar-refractivity contribution in [3.05, 3.63) is 71.5 Å². The summed E-state index contributed by atoms with van der Waals surface area (Å²) in [7, 11) is -3.68. The lowest BCUT2D eigenvalue weighted by Gasteiger charge is -2.10. The monoisotopic (exact) mass is 357 g/mol. The maximum Gasteiger partial charge on any atom is 0.265 e. The second kappa shape index (κ2) is 6.98. The molecule has 7 heteroatoms. The van der Waals surface area contributed by atoms with E-state index in [-0.39, 0.29) is 4.90 Å². The first-order valence-electron chi connectivity index (χ1n) is 7.77. The molecule has 0 unspecified atom stereocenters. The summed E-state index contributed by atoms with van der Waals surface area (Å²) in [4.78, 5) is 0.178. The Morgan fingerprint density at radius 2 is 1.72 bits per heavy atom. The highest BCUT2D eigenvalue weighted by Gasteiger charge is 2.22. The van der Waals surface area contributed by atoms with Gasteiger partial charge in [-0.1, -0.05) is 30.3 Å². The van der Waals surface area contributed by atoms with Gasteiger partial charge in [0, 0.05) is 5.69 Å². The van der Waals surface area contributed by atoms with Crippen molar-refractivity contribution < 1.29 is 13.2 Å². The van der Waals surface area contributed by atoms with Crippen LogP contribution in [0.25, 0.3) is 0 Å². The molecule has 0 saturated carbocycles. The Balaban J connectivity index is 1.68. The third kappa shape index (κ3) is 4.00. The number of H-pyrrole nitrogens is 1. The number of aromatic nitrogens is 2. The summed E-state index contributed by atoms with van der Waals surface area (Å²) in [6, 6.07) is 16.6. The van der Waals surface area contributed by atoms with Crippen molar-refractivity contribution in [2.24, 2.45) is 0 Å². The Kier molecular flexibility index (Phi) is 4.76. The van der Waals surface area contributed by atoms with Crippen molar-refractivity contribution in [2.75, 3.05) is 4.72 Å². The highest BCUT2D eigenvalue weighted by atomic mass is 32.2. The number of aryl methyl sites for hydroxylation is 2. The minimum absolute atomic E-state index is 0.178. The number of hydrogen-bond donors (Lipinski definition) is 2. The molecule has 1 aromatic heterocycles. The molecule has 0 aliphatic carbocycles. The molecule has 0 aliphatic heterocycles. The topological polar surface area (TPSA) is 84.1 Å². The lowest BCUT2D eigenvalue weighted by Crippen LogP contribution is -2.14. The molecule has 0 amide bonds. The molecular formula is C18H19N3O3S. The zero-order chi connectivity index (χ0) is 17.9. The molecule has 130 valence electrons. The number of hydrogen-bond acceptors (Lipinski definition) is 4. The minimum Gasteiger partial charge on any atom is -0.489 e. The largest absolute Gasteiger partial charge is 0.489 e. The molecule has 0 spiro atoms. The van der Waals surface area contributed by atoms with Gasteiger partial charge in [-0.05, 0) is 43.7 Å². The molecule has 0 bridgehead atoms. The van der Waals surface area contributed by atoms with E-state index in [0.717, 1.165) is 5.56 Å². The fourth-order valence-corrected chi connectivity index (χ4v) is 3.93. The van der Waals surface area contributed by atoms with Crippen LogP contribution in [0.4, 0.5) is 5.69 Å². The molecule has 6 nitrogen and oxygen atoms in total. The normalized spacial score (nSPS) is 11.3. The molecule has 0 atom stereocenters. The van der Waals surface area contributed by atoms with E-state index >= 15 is 0 Å². The summed E-state index contributed by atoms with van der Waals surface area (Å²) < 4.78 is 33.3. The van der Waals surface area contributed by atoms with Gasteiger partial charge >= 0.3 is 0 Å². The molecule has 0 aliphatic rings. The number of benzene rings is 2. The zero-order valence-electron chi connectivity index (χ0n) is 14.0. The van der Waals surface area contributed by atoms with Crippen molar-refractivity contribution >= 4 is 15.7 Å². The van der Waals surface area contributed by atoms with Crippen LogP contribution in [0, 0.1) is 13.8 Å². The maximum atomic E-state index is 12.5. The number of ether oxygens (including phenoxy) is 1. The van der Waals surface area contributed by atoms with Crippen LogP contribution in [0.5, 0.6) is 5.75 Å². The molecule has 1 heterocycles. The molecule has 0 saturated heterocycles. The fraction of sp³-hybridized carbons (Fsp3) is 0.167. The highest BCUT2D eigenvalue weighted by molar-refractivity contribution is 7.92. The van der Waals surface area contributed by atoms with Crippen LogP contribution < -0.4 is 9.46 Å². The van der Waals surface area contributed by atoms with E-state index < -0.39 is 10.0 Å². The number of sulfonamides is 1. The number of nitrogens with zero attached hydrogens (tertiary/aromatic N) is 1. The molecule has 0 radical (unpaired) electrons. The first-order chi connectivity index (χ1) is 12.0. The van der Waals surface area contributed by atoms with Gasteiger partial charge in [0.1, 0.15) is 17.3 Å². The Labute approximate surface area is 146 Å². The lowest BCUT2D eigenvalue weighted by atomic mass is 10.2. The third-order valence-electron chi connectivity index (χ3n) is 3.68. The summed E-state index contributed by atoms with van der Waals surface area (Å²) in [5.74, 6) is 0.669. The average molecular weight is 357 g/mol. The fourth-order valence-electron chi connectivity index (χ4n) is 2.50. The van der Waals surface area contributed by atoms with Crippen molar-refractivity contribution in [1.82, 2.24) is 10.2 Å². The summed E-state index contributed by atoms with van der Waals surface area (Å²) in [6.45, 7) is 3.78. The summed E-state index contributed by atoms with van der Waals surface area (Å²) in [5, 5.41) is 6.61. The quantitative estimate of drug-likeness (QED) is 0.708. The number of anilines is 1.